The van der Waals surface area contributed by atoms with E-state index in [-0.39, 0.29) is 0 Å². The smallest absolute Gasteiger partial charge is 0.0546 e. The Morgan fingerprint density at radius 2 is 1.95 bits per heavy atom. The summed E-state index contributed by atoms with van der Waals surface area (Å²) in [4.78, 5) is 2.68. The van der Waals surface area contributed by atoms with E-state index < -0.39 is 0 Å². The first-order valence-corrected chi connectivity index (χ1v) is 8.06. The number of nitrogens with one attached hydrogen (secondary N) is 1. The number of likely N-dealkylation sites (tertiary alicyclic amines) is 1. The van der Waals surface area contributed by atoms with Gasteiger partial charge in [-0.3, -0.25) is 0 Å². The summed E-state index contributed by atoms with van der Waals surface area (Å²) in [7, 11) is 2.07. The zero-order valence-electron chi connectivity index (χ0n) is 13.1. The van der Waals surface area contributed by atoms with Gasteiger partial charge in [-0.15, -0.1) is 0 Å². The van der Waals surface area contributed by atoms with Crippen LogP contribution in [0, 0.1) is 10.8 Å². The van der Waals surface area contributed by atoms with Gasteiger partial charge in [0.05, 0.1) is 6.61 Å². The van der Waals surface area contributed by atoms with Crippen molar-refractivity contribution in [1.29, 1.82) is 0 Å². The topological polar surface area (TPSA) is 24.5 Å². The first-order chi connectivity index (χ1) is 9.11. The molecule has 1 N–H and O–H groups in total. The van der Waals surface area contributed by atoms with Gasteiger partial charge >= 0.3 is 0 Å². The fourth-order valence-corrected chi connectivity index (χ4v) is 3.68. The van der Waals surface area contributed by atoms with Gasteiger partial charge in [0.1, 0.15) is 0 Å². The maximum atomic E-state index is 5.77. The molecule has 19 heavy (non-hydrogen) atoms. The predicted octanol–water partition coefficient (Wildman–Crippen LogP) is 2.51. The fourth-order valence-electron chi connectivity index (χ4n) is 3.68. The molecule has 0 saturated carbocycles. The van der Waals surface area contributed by atoms with Crippen LogP contribution < -0.4 is 5.32 Å². The van der Waals surface area contributed by atoms with Crippen molar-refractivity contribution < 1.29 is 4.74 Å². The molecule has 0 bridgehead atoms. The number of piperidine rings is 1. The van der Waals surface area contributed by atoms with Crippen LogP contribution in [0.1, 0.15) is 46.0 Å². The van der Waals surface area contributed by atoms with Crippen LogP contribution >= 0.6 is 0 Å². The highest BCUT2D eigenvalue weighted by Gasteiger charge is 2.36. The van der Waals surface area contributed by atoms with E-state index in [1.807, 2.05) is 0 Å². The monoisotopic (exact) mass is 268 g/mol. The van der Waals surface area contributed by atoms with Crippen LogP contribution in [0.5, 0.6) is 0 Å². The summed E-state index contributed by atoms with van der Waals surface area (Å²) in [6.45, 7) is 11.5. The largest absolute Gasteiger partial charge is 0.381 e. The summed E-state index contributed by atoms with van der Waals surface area (Å²) in [5.74, 6) is 0. The van der Waals surface area contributed by atoms with Crippen LogP contribution in [0.3, 0.4) is 0 Å². The average molecular weight is 268 g/mol. The van der Waals surface area contributed by atoms with Gasteiger partial charge in [-0.2, -0.15) is 0 Å². The van der Waals surface area contributed by atoms with E-state index in [1.165, 1.54) is 51.7 Å². The van der Waals surface area contributed by atoms with Gasteiger partial charge in [0.15, 0.2) is 0 Å². The molecular weight excluding hydrogens is 236 g/mol. The van der Waals surface area contributed by atoms with Gasteiger partial charge in [-0.1, -0.05) is 20.3 Å². The predicted molar refractivity (Wildman–Crippen MR) is 80.5 cm³/mol. The second kappa shape index (κ2) is 6.55. The molecule has 0 aromatic rings. The van der Waals surface area contributed by atoms with Gasteiger partial charge in [0.25, 0.3) is 0 Å². The van der Waals surface area contributed by atoms with Gasteiger partial charge in [0, 0.05) is 25.1 Å². The Labute approximate surface area is 119 Å². The van der Waals surface area contributed by atoms with E-state index in [0.717, 1.165) is 19.8 Å². The van der Waals surface area contributed by atoms with Crippen LogP contribution in [0.15, 0.2) is 0 Å². The van der Waals surface area contributed by atoms with Crippen LogP contribution in [-0.2, 0) is 4.74 Å². The molecule has 2 heterocycles. The highest BCUT2D eigenvalue weighted by molar-refractivity contribution is 4.90. The third-order valence-electron chi connectivity index (χ3n) is 5.43. The first kappa shape index (κ1) is 15.3. The Bertz CT molecular complexity index is 260. The van der Waals surface area contributed by atoms with E-state index in [2.05, 4.69) is 31.1 Å². The molecule has 112 valence electrons. The highest BCUT2D eigenvalue weighted by atomic mass is 16.5. The summed E-state index contributed by atoms with van der Waals surface area (Å²) >= 11 is 0. The molecule has 0 aliphatic carbocycles. The van der Waals surface area contributed by atoms with Crippen molar-refractivity contribution in [1.82, 2.24) is 10.2 Å². The second-order valence-corrected chi connectivity index (χ2v) is 7.13. The normalized spacial score (nSPS) is 32.4. The molecule has 2 aliphatic rings. The highest BCUT2D eigenvalue weighted by Crippen LogP contribution is 2.36. The lowest BCUT2D eigenvalue weighted by atomic mass is 9.76. The van der Waals surface area contributed by atoms with Crippen molar-refractivity contribution in [2.45, 2.75) is 46.0 Å². The second-order valence-electron chi connectivity index (χ2n) is 7.13. The summed E-state index contributed by atoms with van der Waals surface area (Å²) < 4.78 is 5.77. The van der Waals surface area contributed by atoms with E-state index >= 15 is 0 Å². The Kier molecular flexibility index (Phi) is 5.27. The van der Waals surface area contributed by atoms with Gasteiger partial charge < -0.3 is 15.0 Å². The van der Waals surface area contributed by atoms with Crippen molar-refractivity contribution in [2.75, 3.05) is 46.4 Å². The molecule has 1 unspecified atom stereocenters. The van der Waals surface area contributed by atoms with Gasteiger partial charge in [-0.25, -0.2) is 0 Å². The van der Waals surface area contributed by atoms with E-state index in [0.29, 0.717) is 10.8 Å². The number of hydrogen-bond acceptors (Lipinski definition) is 3. The summed E-state index contributed by atoms with van der Waals surface area (Å²) in [6, 6.07) is 0. The summed E-state index contributed by atoms with van der Waals surface area (Å²) in [5, 5.41) is 3.39. The molecular formula is C16H32N2O. The quantitative estimate of drug-likeness (QED) is 0.829. The molecule has 2 aliphatic heterocycles. The number of ether oxygens (including phenoxy) is 1. The summed E-state index contributed by atoms with van der Waals surface area (Å²) in [6.07, 6.45) is 6.59. The van der Waals surface area contributed by atoms with Crippen molar-refractivity contribution in [3.8, 4) is 0 Å². The molecule has 0 spiro atoms. The molecule has 0 aromatic heterocycles. The Morgan fingerprint density at radius 3 is 2.47 bits per heavy atom. The molecule has 2 rings (SSSR count). The third-order valence-corrected chi connectivity index (χ3v) is 5.43. The zero-order valence-corrected chi connectivity index (χ0v) is 13.1. The summed E-state index contributed by atoms with van der Waals surface area (Å²) in [5.41, 5.74) is 0.947. The molecule has 2 fully saturated rings. The Balaban J connectivity index is 1.88. The van der Waals surface area contributed by atoms with E-state index in [9.17, 15) is 0 Å². The SMILES string of the molecule is CCC1(C)CCN(CC2(CNC)CCCOC2)CC1. The van der Waals surface area contributed by atoms with E-state index in [4.69, 9.17) is 4.74 Å². The van der Waals surface area contributed by atoms with E-state index in [1.54, 1.807) is 0 Å². The maximum Gasteiger partial charge on any atom is 0.0546 e. The zero-order chi connectivity index (χ0) is 13.8. The van der Waals surface area contributed by atoms with Crippen LogP contribution in [0.4, 0.5) is 0 Å². The molecule has 2 saturated heterocycles. The lowest BCUT2D eigenvalue weighted by Gasteiger charge is -2.45. The Morgan fingerprint density at radius 1 is 1.21 bits per heavy atom. The lowest BCUT2D eigenvalue weighted by molar-refractivity contribution is -0.0341. The molecule has 3 heteroatoms. The number of rotatable bonds is 5. The minimum Gasteiger partial charge on any atom is -0.381 e. The van der Waals surface area contributed by atoms with Crippen LogP contribution in [0.25, 0.3) is 0 Å². The van der Waals surface area contributed by atoms with Crippen LogP contribution in [0.2, 0.25) is 0 Å². The molecule has 1 atom stereocenters. The molecule has 0 aromatic carbocycles. The number of nitrogens with zero attached hydrogens (tertiary/aromatic N) is 1. The molecule has 0 amide bonds. The average Bonchev–Trinajstić information content (AvgIpc) is 2.43. The Hall–Kier alpha value is -0.120. The first-order valence-electron chi connectivity index (χ1n) is 8.06. The fraction of sp³-hybridized carbons (Fsp3) is 1.00. The van der Waals surface area contributed by atoms with Crippen molar-refractivity contribution in [3.63, 3.8) is 0 Å². The standard InChI is InChI=1S/C16H32N2O/c1-4-15(2)7-9-18(10-8-15)13-16(12-17-3)6-5-11-19-14-16/h17H,4-14H2,1-3H3. The van der Waals surface area contributed by atoms with Crippen molar-refractivity contribution in [2.24, 2.45) is 10.8 Å². The minimum absolute atomic E-state index is 0.354. The van der Waals surface area contributed by atoms with Crippen LogP contribution in [-0.4, -0.2) is 51.3 Å². The lowest BCUT2D eigenvalue weighted by Crippen LogP contribution is -2.51. The molecule has 0 radical (unpaired) electrons. The van der Waals surface area contributed by atoms with Crippen molar-refractivity contribution >= 4 is 0 Å². The van der Waals surface area contributed by atoms with Gasteiger partial charge in [0.2, 0.25) is 0 Å². The maximum absolute atomic E-state index is 5.77. The minimum atomic E-state index is 0.354. The van der Waals surface area contributed by atoms with Crippen molar-refractivity contribution in [3.05, 3.63) is 0 Å². The number of hydrogen-bond donors (Lipinski definition) is 1. The third kappa shape index (κ3) is 3.93. The molecule has 3 nitrogen and oxygen atoms in total. The van der Waals surface area contributed by atoms with Gasteiger partial charge in [-0.05, 0) is 51.2 Å².